The van der Waals surface area contributed by atoms with Crippen LogP contribution in [0.2, 0.25) is 0 Å². The third-order valence-corrected chi connectivity index (χ3v) is 6.47. The average molecular weight is 433 g/mol. The van der Waals surface area contributed by atoms with E-state index in [1.165, 1.54) is 12.8 Å². The number of likely N-dealkylation sites (tertiary alicyclic amines) is 1. The van der Waals surface area contributed by atoms with Gasteiger partial charge in [-0.25, -0.2) is 0 Å². The monoisotopic (exact) mass is 432 g/mol. The number of hydrogen-bond donors (Lipinski definition) is 0. The van der Waals surface area contributed by atoms with E-state index in [1.54, 1.807) is 12.4 Å². The molecule has 1 amide bonds. The standard InChI is InChI=1S/C25H28N4O3/c30-22(17-31-16-20-5-2-1-3-6-20)29-14-4-11-25(18-29,15-19-7-8-19)24-27-23(32-28-24)21-9-12-26-13-10-21/h1-3,5-6,9-10,12-13,19H,4,7-8,11,14-18H2. The van der Waals surface area contributed by atoms with Gasteiger partial charge in [-0.2, -0.15) is 4.98 Å². The normalized spacial score (nSPS) is 20.9. The second-order valence-electron chi connectivity index (χ2n) is 8.98. The minimum atomic E-state index is -0.261. The Bertz CT molecular complexity index is 1040. The average Bonchev–Trinajstić information content (AvgIpc) is 3.50. The van der Waals surface area contributed by atoms with Crippen molar-refractivity contribution in [2.45, 2.75) is 44.1 Å². The lowest BCUT2D eigenvalue weighted by Crippen LogP contribution is -2.50. The maximum atomic E-state index is 13.0. The molecule has 0 N–H and O–H groups in total. The molecule has 1 saturated carbocycles. The molecule has 166 valence electrons. The maximum Gasteiger partial charge on any atom is 0.258 e. The van der Waals surface area contributed by atoms with Gasteiger partial charge in [-0.3, -0.25) is 9.78 Å². The summed E-state index contributed by atoms with van der Waals surface area (Å²) in [7, 11) is 0. The molecule has 7 nitrogen and oxygen atoms in total. The van der Waals surface area contributed by atoms with Crippen molar-refractivity contribution in [1.29, 1.82) is 0 Å². The molecule has 5 rings (SSSR count). The predicted octanol–water partition coefficient (Wildman–Crippen LogP) is 4.01. The summed E-state index contributed by atoms with van der Waals surface area (Å²) >= 11 is 0. The highest BCUT2D eigenvalue weighted by atomic mass is 16.5. The number of aromatic nitrogens is 3. The first-order valence-electron chi connectivity index (χ1n) is 11.4. The SMILES string of the molecule is O=C(COCc1ccccc1)N1CCCC(CC2CC2)(c2noc(-c3ccncc3)n2)C1. The van der Waals surface area contributed by atoms with Gasteiger partial charge in [-0.15, -0.1) is 0 Å². The zero-order valence-electron chi connectivity index (χ0n) is 18.2. The summed E-state index contributed by atoms with van der Waals surface area (Å²) < 4.78 is 11.3. The predicted molar refractivity (Wildman–Crippen MR) is 118 cm³/mol. The van der Waals surface area contributed by atoms with Gasteiger partial charge in [0.05, 0.1) is 12.0 Å². The molecule has 3 aromatic rings. The molecule has 1 unspecified atom stereocenters. The molecule has 1 aliphatic heterocycles. The van der Waals surface area contributed by atoms with Crippen LogP contribution in [0.5, 0.6) is 0 Å². The first-order valence-corrected chi connectivity index (χ1v) is 11.4. The molecule has 3 heterocycles. The van der Waals surface area contributed by atoms with Gasteiger partial charge in [-0.05, 0) is 42.9 Å². The van der Waals surface area contributed by atoms with Crippen molar-refractivity contribution in [2.75, 3.05) is 19.7 Å². The van der Waals surface area contributed by atoms with E-state index >= 15 is 0 Å². The first kappa shape index (κ1) is 20.8. The van der Waals surface area contributed by atoms with Crippen molar-refractivity contribution < 1.29 is 14.1 Å². The second kappa shape index (κ2) is 9.20. The lowest BCUT2D eigenvalue weighted by atomic mass is 9.75. The van der Waals surface area contributed by atoms with Crippen LogP contribution in [0.25, 0.3) is 11.5 Å². The third-order valence-electron chi connectivity index (χ3n) is 6.47. The minimum Gasteiger partial charge on any atom is -0.367 e. The van der Waals surface area contributed by atoms with Crippen molar-refractivity contribution >= 4 is 5.91 Å². The molecule has 7 heteroatoms. The summed E-state index contributed by atoms with van der Waals surface area (Å²) in [6.45, 7) is 1.89. The third kappa shape index (κ3) is 4.72. The Labute approximate surface area is 187 Å². The van der Waals surface area contributed by atoms with Gasteiger partial charge in [0.2, 0.25) is 5.91 Å². The van der Waals surface area contributed by atoms with Crippen LogP contribution in [0, 0.1) is 5.92 Å². The van der Waals surface area contributed by atoms with E-state index in [9.17, 15) is 4.79 Å². The van der Waals surface area contributed by atoms with Crippen LogP contribution >= 0.6 is 0 Å². The van der Waals surface area contributed by atoms with Gasteiger partial charge in [-0.1, -0.05) is 48.3 Å². The quantitative estimate of drug-likeness (QED) is 0.535. The van der Waals surface area contributed by atoms with E-state index in [2.05, 4.69) is 10.1 Å². The second-order valence-corrected chi connectivity index (χ2v) is 8.98. The number of ether oxygens (including phenoxy) is 1. The Kier molecular flexibility index (Phi) is 5.99. The molecule has 0 bridgehead atoms. The number of carbonyl (C=O) groups excluding carboxylic acids is 1. The maximum absolute atomic E-state index is 13.0. The molecular weight excluding hydrogens is 404 g/mol. The number of carbonyl (C=O) groups is 1. The number of pyridine rings is 1. The topological polar surface area (TPSA) is 81.4 Å². The molecule has 0 radical (unpaired) electrons. The van der Waals surface area contributed by atoms with Crippen LogP contribution in [0.15, 0.2) is 59.4 Å². The molecule has 2 aromatic heterocycles. The number of hydrogen-bond acceptors (Lipinski definition) is 6. The fourth-order valence-electron chi connectivity index (χ4n) is 4.63. The van der Waals surface area contributed by atoms with E-state index in [1.807, 2.05) is 47.4 Å². The fourth-order valence-corrected chi connectivity index (χ4v) is 4.63. The number of rotatable bonds is 8. The summed E-state index contributed by atoms with van der Waals surface area (Å²) in [4.78, 5) is 23.7. The number of benzene rings is 1. The summed E-state index contributed by atoms with van der Waals surface area (Å²) in [6, 6.07) is 13.7. The van der Waals surface area contributed by atoms with Crippen LogP contribution in [0.1, 0.15) is 43.5 Å². The van der Waals surface area contributed by atoms with Crippen LogP contribution in [0.3, 0.4) is 0 Å². The highest BCUT2D eigenvalue weighted by molar-refractivity contribution is 5.77. The summed E-state index contributed by atoms with van der Waals surface area (Å²) in [5, 5.41) is 4.39. The fraction of sp³-hybridized carbons (Fsp3) is 0.440. The molecular formula is C25H28N4O3. The summed E-state index contributed by atoms with van der Waals surface area (Å²) in [5.74, 6) is 1.94. The van der Waals surface area contributed by atoms with E-state index in [4.69, 9.17) is 14.2 Å². The molecule has 1 aliphatic carbocycles. The first-order chi connectivity index (χ1) is 15.7. The summed E-state index contributed by atoms with van der Waals surface area (Å²) in [5.41, 5.74) is 1.67. The zero-order valence-corrected chi connectivity index (χ0v) is 18.2. The van der Waals surface area contributed by atoms with E-state index < -0.39 is 0 Å². The number of piperidine rings is 1. The molecule has 1 saturated heterocycles. The van der Waals surface area contributed by atoms with Crippen molar-refractivity contribution in [1.82, 2.24) is 20.0 Å². The minimum absolute atomic E-state index is 0.0265. The van der Waals surface area contributed by atoms with Gasteiger partial charge < -0.3 is 14.2 Å². The van der Waals surface area contributed by atoms with E-state index in [-0.39, 0.29) is 17.9 Å². The van der Waals surface area contributed by atoms with Crippen LogP contribution in [-0.4, -0.2) is 45.6 Å². The molecule has 1 aromatic carbocycles. The van der Waals surface area contributed by atoms with Crippen molar-refractivity contribution in [2.24, 2.45) is 5.92 Å². The smallest absolute Gasteiger partial charge is 0.258 e. The Hall–Kier alpha value is -3.06. The highest BCUT2D eigenvalue weighted by Gasteiger charge is 2.45. The molecule has 2 aliphatic rings. The lowest BCUT2D eigenvalue weighted by Gasteiger charge is -2.41. The molecule has 2 fully saturated rings. The molecule has 0 spiro atoms. The summed E-state index contributed by atoms with van der Waals surface area (Å²) in [6.07, 6.45) is 8.81. The lowest BCUT2D eigenvalue weighted by molar-refractivity contribution is -0.139. The Balaban J connectivity index is 1.29. The highest BCUT2D eigenvalue weighted by Crippen LogP contribution is 2.45. The largest absolute Gasteiger partial charge is 0.367 e. The zero-order chi connectivity index (χ0) is 21.8. The Morgan fingerprint density at radius 2 is 1.97 bits per heavy atom. The van der Waals surface area contributed by atoms with Gasteiger partial charge >= 0.3 is 0 Å². The van der Waals surface area contributed by atoms with Gasteiger partial charge in [0.25, 0.3) is 5.89 Å². The Morgan fingerprint density at radius 1 is 1.16 bits per heavy atom. The number of amides is 1. The van der Waals surface area contributed by atoms with E-state index in [0.717, 1.165) is 42.8 Å². The van der Waals surface area contributed by atoms with Crippen molar-refractivity contribution in [3.63, 3.8) is 0 Å². The molecule has 32 heavy (non-hydrogen) atoms. The van der Waals surface area contributed by atoms with Crippen LogP contribution in [0.4, 0.5) is 0 Å². The van der Waals surface area contributed by atoms with Gasteiger partial charge in [0.15, 0.2) is 5.82 Å². The van der Waals surface area contributed by atoms with Crippen LogP contribution < -0.4 is 0 Å². The van der Waals surface area contributed by atoms with E-state index in [0.29, 0.717) is 25.0 Å². The Morgan fingerprint density at radius 3 is 2.75 bits per heavy atom. The van der Waals surface area contributed by atoms with Crippen LogP contribution in [-0.2, 0) is 21.6 Å². The van der Waals surface area contributed by atoms with Crippen molar-refractivity contribution in [3.8, 4) is 11.5 Å². The molecule has 1 atom stereocenters. The number of nitrogens with zero attached hydrogens (tertiary/aromatic N) is 4. The van der Waals surface area contributed by atoms with Gasteiger partial charge in [0, 0.05) is 31.0 Å². The van der Waals surface area contributed by atoms with Gasteiger partial charge in [0.1, 0.15) is 6.61 Å². The van der Waals surface area contributed by atoms with Crippen molar-refractivity contribution in [3.05, 3.63) is 66.2 Å².